The van der Waals surface area contributed by atoms with Gasteiger partial charge in [0.15, 0.2) is 0 Å². The molecule has 0 amide bonds. The van der Waals surface area contributed by atoms with Gasteiger partial charge in [0.1, 0.15) is 6.04 Å². The molecule has 0 aliphatic rings. The lowest BCUT2D eigenvalue weighted by atomic mass is 10.1. The molecule has 0 saturated heterocycles. The summed E-state index contributed by atoms with van der Waals surface area (Å²) in [5.74, 6) is 0. The molecular formula is C9H7F6NS. The van der Waals surface area contributed by atoms with Crippen LogP contribution in [-0.4, -0.2) is 11.7 Å². The molecule has 1 aromatic carbocycles. The molecular weight excluding hydrogens is 268 g/mol. The maximum Gasteiger partial charge on any atom is 0.446 e. The zero-order valence-electron chi connectivity index (χ0n) is 8.14. The van der Waals surface area contributed by atoms with E-state index in [0.29, 0.717) is 0 Å². The zero-order chi connectivity index (χ0) is 13.3. The number of alkyl halides is 6. The van der Waals surface area contributed by atoms with Gasteiger partial charge in [0.05, 0.1) is 0 Å². The largest absolute Gasteiger partial charge is 0.446 e. The van der Waals surface area contributed by atoms with Crippen LogP contribution in [0, 0.1) is 0 Å². The molecule has 1 nitrogen and oxygen atoms in total. The monoisotopic (exact) mass is 275 g/mol. The highest BCUT2D eigenvalue weighted by atomic mass is 32.2. The molecule has 0 fully saturated rings. The Kier molecular flexibility index (Phi) is 3.98. The molecule has 0 aliphatic carbocycles. The number of nitrogens with two attached hydrogens (primary N) is 1. The highest BCUT2D eigenvalue weighted by Crippen LogP contribution is 2.38. The highest BCUT2D eigenvalue weighted by Gasteiger charge is 2.38. The van der Waals surface area contributed by atoms with Gasteiger partial charge < -0.3 is 5.73 Å². The van der Waals surface area contributed by atoms with Crippen molar-refractivity contribution >= 4 is 11.8 Å². The summed E-state index contributed by atoms with van der Waals surface area (Å²) in [6, 6.07) is 1.73. The van der Waals surface area contributed by atoms with Crippen molar-refractivity contribution in [3.05, 3.63) is 29.8 Å². The van der Waals surface area contributed by atoms with E-state index >= 15 is 0 Å². The third kappa shape index (κ3) is 4.47. The Hall–Kier alpha value is -0.890. The van der Waals surface area contributed by atoms with Gasteiger partial charge in [0, 0.05) is 4.90 Å². The average molecular weight is 275 g/mol. The molecule has 0 spiro atoms. The Morgan fingerprint density at radius 3 is 2.12 bits per heavy atom. The van der Waals surface area contributed by atoms with Crippen molar-refractivity contribution < 1.29 is 26.3 Å². The van der Waals surface area contributed by atoms with Crippen LogP contribution in [0.15, 0.2) is 29.2 Å². The quantitative estimate of drug-likeness (QED) is 0.655. The highest BCUT2D eigenvalue weighted by molar-refractivity contribution is 8.00. The number of benzene rings is 1. The van der Waals surface area contributed by atoms with Crippen molar-refractivity contribution in [3.8, 4) is 0 Å². The Balaban J connectivity index is 2.94. The Morgan fingerprint density at radius 2 is 1.65 bits per heavy atom. The van der Waals surface area contributed by atoms with Crippen LogP contribution in [0.1, 0.15) is 11.6 Å². The second-order valence-corrected chi connectivity index (χ2v) is 4.28. The summed E-state index contributed by atoms with van der Waals surface area (Å²) in [5.41, 5.74) is -0.0481. The molecule has 0 bridgehead atoms. The van der Waals surface area contributed by atoms with Gasteiger partial charge in [0.25, 0.3) is 0 Å². The molecule has 0 aromatic heterocycles. The van der Waals surface area contributed by atoms with Crippen molar-refractivity contribution in [1.82, 2.24) is 0 Å². The summed E-state index contributed by atoms with van der Waals surface area (Å²) in [7, 11) is 0. The topological polar surface area (TPSA) is 26.0 Å². The van der Waals surface area contributed by atoms with Crippen molar-refractivity contribution in [2.45, 2.75) is 22.6 Å². The lowest BCUT2D eigenvalue weighted by Crippen LogP contribution is -2.28. The average Bonchev–Trinajstić information content (AvgIpc) is 2.12. The van der Waals surface area contributed by atoms with E-state index in [4.69, 9.17) is 5.73 Å². The van der Waals surface area contributed by atoms with Crippen LogP contribution in [0.25, 0.3) is 0 Å². The second kappa shape index (κ2) is 4.77. The van der Waals surface area contributed by atoms with Crippen molar-refractivity contribution in [2.24, 2.45) is 5.73 Å². The third-order valence-corrected chi connectivity index (χ3v) is 2.52. The summed E-state index contributed by atoms with van der Waals surface area (Å²) in [5, 5.41) is 0. The number of halogens is 6. The second-order valence-electron chi connectivity index (χ2n) is 3.14. The maximum atomic E-state index is 12.3. The summed E-state index contributed by atoms with van der Waals surface area (Å²) in [4.78, 5) is -0.324. The van der Waals surface area contributed by atoms with E-state index in [-0.39, 0.29) is 4.90 Å². The number of hydrogen-bond donors (Lipinski definition) is 1. The first kappa shape index (κ1) is 14.2. The lowest BCUT2D eigenvalue weighted by molar-refractivity contribution is -0.149. The predicted octanol–water partition coefficient (Wildman–Crippen LogP) is 3.86. The molecule has 17 heavy (non-hydrogen) atoms. The summed E-state index contributed by atoms with van der Waals surface area (Å²) >= 11 is -0.480. The van der Waals surface area contributed by atoms with Gasteiger partial charge in [-0.25, -0.2) is 0 Å². The van der Waals surface area contributed by atoms with Gasteiger partial charge in [-0.05, 0) is 29.5 Å². The SMILES string of the molecule is N[C@@H](c1cccc(SC(F)(F)F)c1)C(F)(F)F. The smallest absolute Gasteiger partial charge is 0.316 e. The fourth-order valence-electron chi connectivity index (χ4n) is 1.09. The number of rotatable bonds is 2. The summed E-state index contributed by atoms with van der Waals surface area (Å²) in [6.45, 7) is 0. The minimum absolute atomic E-state index is 0.324. The van der Waals surface area contributed by atoms with Crippen LogP contribution in [0.3, 0.4) is 0 Å². The fourth-order valence-corrected chi connectivity index (χ4v) is 1.70. The first-order valence-corrected chi connectivity index (χ1v) is 5.09. The molecule has 96 valence electrons. The Morgan fingerprint density at radius 1 is 1.06 bits per heavy atom. The first-order valence-electron chi connectivity index (χ1n) is 4.27. The molecule has 8 heteroatoms. The zero-order valence-corrected chi connectivity index (χ0v) is 8.96. The van der Waals surface area contributed by atoms with Crippen LogP contribution in [0.4, 0.5) is 26.3 Å². The van der Waals surface area contributed by atoms with Gasteiger partial charge >= 0.3 is 11.7 Å². The molecule has 0 radical (unpaired) electrons. The normalized spacial score (nSPS) is 14.8. The Bertz CT molecular complexity index is 386. The summed E-state index contributed by atoms with van der Waals surface area (Å²) < 4.78 is 72.8. The van der Waals surface area contributed by atoms with Crippen molar-refractivity contribution in [3.63, 3.8) is 0 Å². The van der Waals surface area contributed by atoms with Crippen LogP contribution >= 0.6 is 11.8 Å². The molecule has 0 aliphatic heterocycles. The van der Waals surface area contributed by atoms with Crippen LogP contribution < -0.4 is 5.73 Å². The number of thioether (sulfide) groups is 1. The lowest BCUT2D eigenvalue weighted by Gasteiger charge is -2.16. The van der Waals surface area contributed by atoms with Gasteiger partial charge in [-0.15, -0.1) is 0 Å². The standard InChI is InChI=1S/C9H7F6NS/c10-8(11,12)7(16)5-2-1-3-6(4-5)17-9(13,14)15/h1-4,7H,16H2/t7-/m0/s1. The third-order valence-electron chi connectivity index (χ3n) is 1.80. The summed E-state index contributed by atoms with van der Waals surface area (Å²) in [6.07, 6.45) is -4.68. The minimum Gasteiger partial charge on any atom is -0.316 e. The van der Waals surface area contributed by atoms with Crippen LogP contribution in [0.5, 0.6) is 0 Å². The molecule has 1 aromatic rings. The molecule has 0 unspecified atom stereocenters. The van der Waals surface area contributed by atoms with Gasteiger partial charge in [-0.3, -0.25) is 0 Å². The molecule has 1 rings (SSSR count). The van der Waals surface area contributed by atoms with E-state index in [2.05, 4.69) is 0 Å². The van der Waals surface area contributed by atoms with E-state index in [1.165, 1.54) is 0 Å². The molecule has 0 heterocycles. The fraction of sp³-hybridized carbons (Fsp3) is 0.333. The first-order chi connectivity index (χ1) is 7.59. The maximum absolute atomic E-state index is 12.3. The van der Waals surface area contributed by atoms with Crippen LogP contribution in [-0.2, 0) is 0 Å². The van der Waals surface area contributed by atoms with E-state index in [1.807, 2.05) is 0 Å². The van der Waals surface area contributed by atoms with E-state index < -0.39 is 35.1 Å². The van der Waals surface area contributed by atoms with Gasteiger partial charge in [0.2, 0.25) is 0 Å². The Labute approximate surface area is 97.0 Å². The van der Waals surface area contributed by atoms with Gasteiger partial charge in [-0.2, -0.15) is 26.3 Å². The predicted molar refractivity (Wildman–Crippen MR) is 51.3 cm³/mol. The van der Waals surface area contributed by atoms with Crippen molar-refractivity contribution in [1.29, 1.82) is 0 Å². The van der Waals surface area contributed by atoms with E-state index in [1.54, 1.807) is 0 Å². The van der Waals surface area contributed by atoms with Crippen molar-refractivity contribution in [2.75, 3.05) is 0 Å². The van der Waals surface area contributed by atoms with Gasteiger partial charge in [-0.1, -0.05) is 12.1 Å². The van der Waals surface area contributed by atoms with E-state index in [9.17, 15) is 26.3 Å². The van der Waals surface area contributed by atoms with Crippen LogP contribution in [0.2, 0.25) is 0 Å². The van der Waals surface area contributed by atoms with E-state index in [0.717, 1.165) is 24.3 Å². The molecule has 1 atom stereocenters. The number of hydrogen-bond acceptors (Lipinski definition) is 2. The minimum atomic E-state index is -4.68. The molecule has 0 saturated carbocycles. The molecule has 2 N–H and O–H groups in total.